The Bertz CT molecular complexity index is 525. The normalized spacial score (nSPS) is 19.7. The average Bonchev–Trinajstić information content (AvgIpc) is 2.48. The third-order valence-corrected chi connectivity index (χ3v) is 3.94. The summed E-state index contributed by atoms with van der Waals surface area (Å²) in [6.45, 7) is 4.40. The van der Waals surface area contributed by atoms with Crippen LogP contribution in [0.25, 0.3) is 5.57 Å². The van der Waals surface area contributed by atoms with Crippen LogP contribution >= 0.6 is 0 Å². The molecule has 4 heteroatoms. The summed E-state index contributed by atoms with van der Waals surface area (Å²) in [6, 6.07) is 6.35. The minimum atomic E-state index is -0.278. The van der Waals surface area contributed by atoms with Gasteiger partial charge in [-0.1, -0.05) is 12.1 Å². The van der Waals surface area contributed by atoms with Crippen molar-refractivity contribution in [2.45, 2.75) is 19.8 Å². The number of carbonyl (C=O) groups excluding carboxylic acids is 1. The third kappa shape index (κ3) is 4.39. The van der Waals surface area contributed by atoms with Gasteiger partial charge in [0.1, 0.15) is 5.82 Å². The zero-order valence-corrected chi connectivity index (χ0v) is 12.7. The van der Waals surface area contributed by atoms with Crippen molar-refractivity contribution in [2.24, 2.45) is 5.92 Å². The molecule has 1 amide bonds. The Labute approximate surface area is 125 Å². The number of likely N-dealkylation sites (tertiary alicyclic amines) is 1. The zero-order valence-electron chi connectivity index (χ0n) is 12.7. The van der Waals surface area contributed by atoms with E-state index in [0.717, 1.165) is 43.6 Å². The smallest absolute Gasteiger partial charge is 0.246 e. The minimum Gasteiger partial charge on any atom is -0.339 e. The summed E-state index contributed by atoms with van der Waals surface area (Å²) in [5, 5.41) is 3.17. The molecule has 114 valence electrons. The molecule has 1 aliphatic rings. The van der Waals surface area contributed by atoms with Crippen LogP contribution in [0.1, 0.15) is 25.3 Å². The van der Waals surface area contributed by atoms with E-state index in [1.54, 1.807) is 12.1 Å². The Hall–Kier alpha value is -1.68. The van der Waals surface area contributed by atoms with Crippen LogP contribution in [0, 0.1) is 11.7 Å². The number of rotatable bonds is 4. The fraction of sp³-hybridized carbons (Fsp3) is 0.471. The molecular weight excluding hydrogens is 267 g/mol. The number of nitrogens with one attached hydrogen (secondary N) is 1. The van der Waals surface area contributed by atoms with Crippen molar-refractivity contribution in [3.05, 3.63) is 41.7 Å². The average molecular weight is 290 g/mol. The first-order valence-corrected chi connectivity index (χ1v) is 7.48. The van der Waals surface area contributed by atoms with E-state index in [9.17, 15) is 9.18 Å². The Balaban J connectivity index is 2.04. The summed E-state index contributed by atoms with van der Waals surface area (Å²) in [5.74, 6) is 0.271. The standard InChI is InChI=1S/C17H23FN2O/c1-13(15-6-3-7-16(18)10-15)9-17(21)20-8-4-5-14(12-20)11-19-2/h3,6-7,9-10,14,19H,4-5,8,11-12H2,1-2H3. The monoisotopic (exact) mass is 290 g/mol. The van der Waals surface area contributed by atoms with Crippen molar-refractivity contribution in [1.29, 1.82) is 0 Å². The number of benzene rings is 1. The maximum absolute atomic E-state index is 13.2. The van der Waals surface area contributed by atoms with E-state index in [0.29, 0.717) is 5.92 Å². The van der Waals surface area contributed by atoms with Crippen LogP contribution in [-0.2, 0) is 4.79 Å². The first kappa shape index (κ1) is 15.7. The molecule has 1 aromatic rings. The molecule has 0 bridgehead atoms. The maximum atomic E-state index is 13.2. The molecule has 1 aromatic carbocycles. The molecule has 1 aliphatic heterocycles. The van der Waals surface area contributed by atoms with Gasteiger partial charge in [-0.3, -0.25) is 4.79 Å². The molecule has 1 atom stereocenters. The second kappa shape index (κ2) is 7.36. The highest BCUT2D eigenvalue weighted by Gasteiger charge is 2.22. The quantitative estimate of drug-likeness (QED) is 0.865. The van der Waals surface area contributed by atoms with Gasteiger partial charge >= 0.3 is 0 Å². The van der Waals surface area contributed by atoms with E-state index in [4.69, 9.17) is 0 Å². The number of hydrogen-bond donors (Lipinski definition) is 1. The molecule has 0 saturated carbocycles. The number of nitrogens with zero attached hydrogens (tertiary/aromatic N) is 1. The van der Waals surface area contributed by atoms with E-state index < -0.39 is 0 Å². The highest BCUT2D eigenvalue weighted by Crippen LogP contribution is 2.19. The van der Waals surface area contributed by atoms with Gasteiger partial charge in [-0.05, 0) is 62.5 Å². The first-order valence-electron chi connectivity index (χ1n) is 7.48. The lowest BCUT2D eigenvalue weighted by molar-refractivity contribution is -0.127. The van der Waals surface area contributed by atoms with Crippen molar-refractivity contribution in [1.82, 2.24) is 10.2 Å². The topological polar surface area (TPSA) is 32.3 Å². The van der Waals surface area contributed by atoms with E-state index in [2.05, 4.69) is 5.32 Å². The molecule has 1 heterocycles. The molecule has 0 spiro atoms. The maximum Gasteiger partial charge on any atom is 0.246 e. The molecule has 0 radical (unpaired) electrons. The van der Waals surface area contributed by atoms with Gasteiger partial charge in [0.05, 0.1) is 0 Å². The second-order valence-corrected chi connectivity index (χ2v) is 5.69. The lowest BCUT2D eigenvalue weighted by Crippen LogP contribution is -2.41. The lowest BCUT2D eigenvalue weighted by atomic mass is 9.97. The number of piperidine rings is 1. The van der Waals surface area contributed by atoms with E-state index in [1.807, 2.05) is 24.9 Å². The zero-order chi connectivity index (χ0) is 15.2. The van der Waals surface area contributed by atoms with Gasteiger partial charge in [-0.15, -0.1) is 0 Å². The summed E-state index contributed by atoms with van der Waals surface area (Å²) >= 11 is 0. The Morgan fingerprint density at radius 3 is 3.05 bits per heavy atom. The van der Waals surface area contributed by atoms with Crippen molar-refractivity contribution >= 4 is 11.5 Å². The predicted molar refractivity (Wildman–Crippen MR) is 83.3 cm³/mol. The Morgan fingerprint density at radius 2 is 2.33 bits per heavy atom. The molecule has 1 fully saturated rings. The number of hydrogen-bond acceptors (Lipinski definition) is 2. The van der Waals surface area contributed by atoms with E-state index in [-0.39, 0.29) is 11.7 Å². The number of carbonyl (C=O) groups is 1. The van der Waals surface area contributed by atoms with Crippen molar-refractivity contribution in [3.8, 4) is 0 Å². The van der Waals surface area contributed by atoms with E-state index >= 15 is 0 Å². The van der Waals surface area contributed by atoms with Gasteiger partial charge in [-0.25, -0.2) is 4.39 Å². The van der Waals surface area contributed by atoms with Gasteiger partial charge in [0.25, 0.3) is 0 Å². The summed E-state index contributed by atoms with van der Waals surface area (Å²) < 4.78 is 13.2. The molecule has 1 unspecified atom stereocenters. The highest BCUT2D eigenvalue weighted by molar-refractivity contribution is 5.94. The first-order chi connectivity index (χ1) is 10.1. The summed E-state index contributed by atoms with van der Waals surface area (Å²) in [4.78, 5) is 14.2. The fourth-order valence-electron chi connectivity index (χ4n) is 2.81. The van der Waals surface area contributed by atoms with Crippen LogP contribution in [0.3, 0.4) is 0 Å². The molecule has 0 aliphatic carbocycles. The van der Waals surface area contributed by atoms with Crippen molar-refractivity contribution in [2.75, 3.05) is 26.7 Å². The number of halogens is 1. The SMILES string of the molecule is CNCC1CCCN(C(=O)C=C(C)c2cccc(F)c2)C1. The van der Waals surface area contributed by atoms with Crippen molar-refractivity contribution in [3.63, 3.8) is 0 Å². The van der Waals surface area contributed by atoms with Crippen LogP contribution in [0.2, 0.25) is 0 Å². The third-order valence-electron chi connectivity index (χ3n) is 3.94. The van der Waals surface area contributed by atoms with Crippen LogP contribution in [0.5, 0.6) is 0 Å². The Morgan fingerprint density at radius 1 is 1.52 bits per heavy atom. The Kier molecular flexibility index (Phi) is 5.51. The summed E-state index contributed by atoms with van der Waals surface area (Å²) in [6.07, 6.45) is 3.83. The molecule has 0 aromatic heterocycles. The highest BCUT2D eigenvalue weighted by atomic mass is 19.1. The summed E-state index contributed by atoms with van der Waals surface area (Å²) in [5.41, 5.74) is 1.56. The van der Waals surface area contributed by atoms with Crippen LogP contribution in [-0.4, -0.2) is 37.5 Å². The minimum absolute atomic E-state index is 0.0255. The van der Waals surface area contributed by atoms with Gasteiger partial charge in [0.2, 0.25) is 5.91 Å². The lowest BCUT2D eigenvalue weighted by Gasteiger charge is -2.32. The molecule has 1 N–H and O–H groups in total. The van der Waals surface area contributed by atoms with Gasteiger partial charge < -0.3 is 10.2 Å². The van der Waals surface area contributed by atoms with Crippen LogP contribution in [0.15, 0.2) is 30.3 Å². The van der Waals surface area contributed by atoms with Gasteiger partial charge in [0, 0.05) is 19.2 Å². The molecule has 2 rings (SSSR count). The van der Waals surface area contributed by atoms with Crippen LogP contribution < -0.4 is 5.32 Å². The molecule has 3 nitrogen and oxygen atoms in total. The van der Waals surface area contributed by atoms with Gasteiger partial charge in [-0.2, -0.15) is 0 Å². The molecule has 21 heavy (non-hydrogen) atoms. The second-order valence-electron chi connectivity index (χ2n) is 5.69. The van der Waals surface area contributed by atoms with E-state index in [1.165, 1.54) is 12.1 Å². The predicted octanol–water partition coefficient (Wildman–Crippen LogP) is 2.69. The fourth-order valence-corrected chi connectivity index (χ4v) is 2.81. The largest absolute Gasteiger partial charge is 0.339 e. The van der Waals surface area contributed by atoms with Crippen LogP contribution in [0.4, 0.5) is 4.39 Å². The number of allylic oxidation sites excluding steroid dienone is 1. The van der Waals surface area contributed by atoms with Gasteiger partial charge in [0.15, 0.2) is 0 Å². The molecular formula is C17H23FN2O. The number of amides is 1. The summed E-state index contributed by atoms with van der Waals surface area (Å²) in [7, 11) is 1.94. The van der Waals surface area contributed by atoms with Crippen molar-refractivity contribution < 1.29 is 9.18 Å². The molecule has 1 saturated heterocycles.